The van der Waals surface area contributed by atoms with Crippen LogP contribution in [0.3, 0.4) is 0 Å². The molecule has 4 rings (SSSR count). The normalized spacial score (nSPS) is 11.2. The van der Waals surface area contributed by atoms with Gasteiger partial charge in [-0.3, -0.25) is 0 Å². The van der Waals surface area contributed by atoms with Crippen LogP contribution in [0.4, 0.5) is 0 Å². The predicted octanol–water partition coefficient (Wildman–Crippen LogP) is 6.62. The topological polar surface area (TPSA) is 0 Å². The van der Waals surface area contributed by atoms with Crippen molar-refractivity contribution in [2.24, 2.45) is 0 Å². The van der Waals surface area contributed by atoms with Gasteiger partial charge in [-0.15, -0.1) is 0 Å². The second-order valence-corrected chi connectivity index (χ2v) is 6.04. The molecule has 0 saturated heterocycles. The lowest BCUT2D eigenvalue weighted by Gasteiger charge is -2.15. The van der Waals surface area contributed by atoms with E-state index < -0.39 is 0 Å². The molecule has 0 aromatic heterocycles. The third-order valence-electron chi connectivity index (χ3n) is 4.31. The highest BCUT2D eigenvalue weighted by Crippen LogP contribution is 2.39. The predicted molar refractivity (Wildman–Crippen MR) is 96.6 cm³/mol. The van der Waals surface area contributed by atoms with Crippen LogP contribution in [0.1, 0.15) is 5.56 Å². The molecule has 0 radical (unpaired) electrons. The van der Waals surface area contributed by atoms with Gasteiger partial charge in [0.2, 0.25) is 0 Å². The van der Waals surface area contributed by atoms with E-state index >= 15 is 0 Å². The smallest absolute Gasteiger partial charge is 0.0412 e. The minimum atomic E-state index is 0.778. The molecule has 0 saturated carbocycles. The molecule has 0 aliphatic rings. The van der Waals surface area contributed by atoms with Gasteiger partial charge in [0, 0.05) is 5.02 Å². The van der Waals surface area contributed by atoms with E-state index in [-0.39, 0.29) is 0 Å². The SMILES string of the molecule is Cc1c(-c2ccccc2)c2ccc(Cl)cc2c2ccccc12. The van der Waals surface area contributed by atoms with Crippen molar-refractivity contribution in [1.29, 1.82) is 0 Å². The Kier molecular flexibility index (Phi) is 3.13. The quantitative estimate of drug-likeness (QED) is 0.346. The van der Waals surface area contributed by atoms with E-state index in [1.165, 1.54) is 38.2 Å². The molecule has 4 aromatic rings. The molecular formula is C21H15Cl. The van der Waals surface area contributed by atoms with Crippen molar-refractivity contribution in [2.75, 3.05) is 0 Å². The Bertz CT molecular complexity index is 985. The first-order chi connectivity index (χ1) is 10.8. The molecule has 0 aliphatic heterocycles. The number of rotatable bonds is 1. The maximum absolute atomic E-state index is 6.26. The summed E-state index contributed by atoms with van der Waals surface area (Å²) in [5.41, 5.74) is 3.86. The lowest BCUT2D eigenvalue weighted by Crippen LogP contribution is -1.90. The molecule has 0 amide bonds. The number of hydrogen-bond donors (Lipinski definition) is 0. The van der Waals surface area contributed by atoms with E-state index in [2.05, 4.69) is 73.7 Å². The molecule has 22 heavy (non-hydrogen) atoms. The van der Waals surface area contributed by atoms with Gasteiger partial charge in [0.1, 0.15) is 0 Å². The monoisotopic (exact) mass is 302 g/mol. The van der Waals surface area contributed by atoms with Crippen LogP contribution in [0.25, 0.3) is 32.7 Å². The van der Waals surface area contributed by atoms with Crippen LogP contribution in [-0.4, -0.2) is 0 Å². The largest absolute Gasteiger partial charge is 0.0843 e. The van der Waals surface area contributed by atoms with E-state index in [9.17, 15) is 0 Å². The lowest BCUT2D eigenvalue weighted by atomic mass is 9.89. The minimum absolute atomic E-state index is 0.778. The number of fused-ring (bicyclic) bond motifs is 3. The molecule has 0 bridgehead atoms. The Balaban J connectivity index is 2.26. The second kappa shape index (κ2) is 5.15. The molecule has 0 nitrogen and oxygen atoms in total. The number of halogens is 1. The Hall–Kier alpha value is -2.31. The molecule has 0 atom stereocenters. The van der Waals surface area contributed by atoms with Gasteiger partial charge in [-0.1, -0.05) is 72.3 Å². The van der Waals surface area contributed by atoms with Gasteiger partial charge in [-0.25, -0.2) is 0 Å². The van der Waals surface area contributed by atoms with Gasteiger partial charge < -0.3 is 0 Å². The van der Waals surface area contributed by atoms with Crippen LogP contribution in [0.2, 0.25) is 5.02 Å². The Morgan fingerprint density at radius 1 is 0.636 bits per heavy atom. The average Bonchev–Trinajstić information content (AvgIpc) is 2.57. The van der Waals surface area contributed by atoms with Crippen molar-refractivity contribution in [2.45, 2.75) is 6.92 Å². The molecule has 0 unspecified atom stereocenters. The zero-order chi connectivity index (χ0) is 15.1. The highest BCUT2D eigenvalue weighted by molar-refractivity contribution is 6.32. The van der Waals surface area contributed by atoms with E-state index in [1.54, 1.807) is 0 Å². The third kappa shape index (κ3) is 2.00. The van der Waals surface area contributed by atoms with Crippen molar-refractivity contribution in [3.63, 3.8) is 0 Å². The summed E-state index contributed by atoms with van der Waals surface area (Å²) in [5.74, 6) is 0. The molecule has 0 fully saturated rings. The summed E-state index contributed by atoms with van der Waals surface area (Å²) in [4.78, 5) is 0. The summed E-state index contributed by atoms with van der Waals surface area (Å²) in [6.07, 6.45) is 0. The van der Waals surface area contributed by atoms with Crippen LogP contribution in [0, 0.1) is 6.92 Å². The van der Waals surface area contributed by atoms with E-state index in [4.69, 9.17) is 11.6 Å². The van der Waals surface area contributed by atoms with Gasteiger partial charge in [0.05, 0.1) is 0 Å². The van der Waals surface area contributed by atoms with Crippen molar-refractivity contribution < 1.29 is 0 Å². The van der Waals surface area contributed by atoms with E-state index in [0.29, 0.717) is 0 Å². The third-order valence-corrected chi connectivity index (χ3v) is 4.54. The summed E-state index contributed by atoms with van der Waals surface area (Å²) < 4.78 is 0. The first kappa shape index (κ1) is 13.4. The fourth-order valence-corrected chi connectivity index (χ4v) is 3.49. The van der Waals surface area contributed by atoms with Crippen LogP contribution in [0.5, 0.6) is 0 Å². The first-order valence-electron chi connectivity index (χ1n) is 7.42. The molecule has 1 heteroatoms. The van der Waals surface area contributed by atoms with Crippen molar-refractivity contribution in [3.8, 4) is 11.1 Å². The molecule has 0 N–H and O–H groups in total. The summed E-state index contributed by atoms with van der Waals surface area (Å²) in [6.45, 7) is 2.21. The molecule has 4 aromatic carbocycles. The van der Waals surface area contributed by atoms with Gasteiger partial charge in [0.15, 0.2) is 0 Å². The molecule has 0 aliphatic carbocycles. The summed E-state index contributed by atoms with van der Waals surface area (Å²) in [6, 6.07) is 25.3. The second-order valence-electron chi connectivity index (χ2n) is 5.60. The summed E-state index contributed by atoms with van der Waals surface area (Å²) in [5, 5.41) is 5.80. The first-order valence-corrected chi connectivity index (χ1v) is 7.79. The number of hydrogen-bond acceptors (Lipinski definition) is 0. The zero-order valence-electron chi connectivity index (χ0n) is 12.3. The fraction of sp³-hybridized carbons (Fsp3) is 0.0476. The molecule has 0 heterocycles. The molecule has 0 spiro atoms. The maximum Gasteiger partial charge on any atom is 0.0412 e. The van der Waals surface area contributed by atoms with Crippen LogP contribution in [0.15, 0.2) is 72.8 Å². The van der Waals surface area contributed by atoms with Crippen LogP contribution < -0.4 is 0 Å². The lowest BCUT2D eigenvalue weighted by molar-refractivity contribution is 1.53. The Labute approximate surface area is 135 Å². The number of aryl methyl sites for hydroxylation is 1. The van der Waals surface area contributed by atoms with Crippen molar-refractivity contribution >= 4 is 33.1 Å². The highest BCUT2D eigenvalue weighted by atomic mass is 35.5. The van der Waals surface area contributed by atoms with Crippen LogP contribution in [-0.2, 0) is 0 Å². The van der Waals surface area contributed by atoms with Gasteiger partial charge in [-0.2, -0.15) is 0 Å². The van der Waals surface area contributed by atoms with Crippen molar-refractivity contribution in [3.05, 3.63) is 83.4 Å². The van der Waals surface area contributed by atoms with Crippen molar-refractivity contribution in [1.82, 2.24) is 0 Å². The summed E-state index contributed by atoms with van der Waals surface area (Å²) >= 11 is 6.26. The molecular weight excluding hydrogens is 288 g/mol. The average molecular weight is 303 g/mol. The van der Waals surface area contributed by atoms with Gasteiger partial charge >= 0.3 is 0 Å². The van der Waals surface area contributed by atoms with Crippen LogP contribution >= 0.6 is 11.6 Å². The minimum Gasteiger partial charge on any atom is -0.0843 e. The van der Waals surface area contributed by atoms with E-state index in [1.807, 2.05) is 6.07 Å². The van der Waals surface area contributed by atoms with E-state index in [0.717, 1.165) is 5.02 Å². The Morgan fingerprint density at radius 3 is 2.09 bits per heavy atom. The van der Waals surface area contributed by atoms with Gasteiger partial charge in [-0.05, 0) is 57.3 Å². The fourth-order valence-electron chi connectivity index (χ4n) is 3.32. The standard InChI is InChI=1S/C21H15Cl/c1-14-17-9-5-6-10-18(17)20-13-16(22)11-12-19(20)21(14)15-7-3-2-4-8-15/h2-13H,1H3. The highest BCUT2D eigenvalue weighted by Gasteiger charge is 2.12. The maximum atomic E-state index is 6.26. The summed E-state index contributed by atoms with van der Waals surface area (Å²) in [7, 11) is 0. The zero-order valence-corrected chi connectivity index (χ0v) is 13.1. The molecule has 106 valence electrons. The Morgan fingerprint density at radius 2 is 1.32 bits per heavy atom. The van der Waals surface area contributed by atoms with Gasteiger partial charge in [0.25, 0.3) is 0 Å². The number of benzene rings is 4.